The first kappa shape index (κ1) is 17.5. The van der Waals surface area contributed by atoms with E-state index in [1.54, 1.807) is 17.1 Å². The molecule has 136 valence electrons. The highest BCUT2D eigenvalue weighted by atomic mass is 79.9. The second kappa shape index (κ2) is 7.76. The highest BCUT2D eigenvalue weighted by molar-refractivity contribution is 9.10. The van der Waals surface area contributed by atoms with E-state index in [4.69, 9.17) is 6.42 Å². The fourth-order valence-electron chi connectivity index (χ4n) is 2.57. The van der Waals surface area contributed by atoms with E-state index in [9.17, 15) is 0 Å². The SMILES string of the molecule is C#CCNc1nc(-n2cc(-c3ccccn3)cn2)nc(NCC2CC2)c1Br. The molecule has 0 aliphatic heterocycles. The third-order valence-corrected chi connectivity index (χ3v) is 4.95. The monoisotopic (exact) mass is 423 g/mol. The van der Waals surface area contributed by atoms with Gasteiger partial charge in [-0.15, -0.1) is 6.42 Å². The minimum atomic E-state index is 0.370. The number of nitrogens with zero attached hydrogens (tertiary/aromatic N) is 5. The summed E-state index contributed by atoms with van der Waals surface area (Å²) in [5, 5.41) is 10.9. The van der Waals surface area contributed by atoms with Gasteiger partial charge in [0.25, 0.3) is 5.95 Å². The first-order valence-electron chi connectivity index (χ1n) is 8.70. The molecule has 1 aliphatic carbocycles. The maximum absolute atomic E-state index is 5.38. The van der Waals surface area contributed by atoms with Gasteiger partial charge in [0.05, 0.1) is 18.4 Å². The third-order valence-electron chi connectivity index (χ3n) is 4.20. The van der Waals surface area contributed by atoms with Crippen LogP contribution in [-0.2, 0) is 0 Å². The Labute approximate surface area is 165 Å². The molecule has 3 heterocycles. The van der Waals surface area contributed by atoms with E-state index in [1.807, 2.05) is 24.4 Å². The molecule has 1 saturated carbocycles. The molecule has 0 saturated heterocycles. The van der Waals surface area contributed by atoms with Crippen molar-refractivity contribution < 1.29 is 0 Å². The predicted molar refractivity (Wildman–Crippen MR) is 109 cm³/mol. The van der Waals surface area contributed by atoms with Crippen molar-refractivity contribution in [1.82, 2.24) is 24.7 Å². The zero-order valence-electron chi connectivity index (χ0n) is 14.6. The fourth-order valence-corrected chi connectivity index (χ4v) is 3.03. The van der Waals surface area contributed by atoms with Gasteiger partial charge in [0.2, 0.25) is 0 Å². The Bertz CT molecular complexity index is 973. The second-order valence-electron chi connectivity index (χ2n) is 6.31. The molecule has 0 amide bonds. The van der Waals surface area contributed by atoms with Crippen LogP contribution in [-0.4, -0.2) is 37.8 Å². The van der Waals surface area contributed by atoms with Crippen LogP contribution in [0.4, 0.5) is 11.6 Å². The van der Waals surface area contributed by atoms with Gasteiger partial charge in [0.1, 0.15) is 16.1 Å². The summed E-state index contributed by atoms with van der Waals surface area (Å²) in [7, 11) is 0. The second-order valence-corrected chi connectivity index (χ2v) is 7.10. The van der Waals surface area contributed by atoms with Gasteiger partial charge >= 0.3 is 0 Å². The number of halogens is 1. The summed E-state index contributed by atoms with van der Waals surface area (Å²) in [6.07, 6.45) is 13.3. The summed E-state index contributed by atoms with van der Waals surface area (Å²) >= 11 is 3.57. The molecular weight excluding hydrogens is 406 g/mol. The molecule has 0 radical (unpaired) electrons. The van der Waals surface area contributed by atoms with Crippen molar-refractivity contribution in [3.8, 4) is 29.5 Å². The van der Waals surface area contributed by atoms with Crippen LogP contribution in [0.2, 0.25) is 0 Å². The number of aromatic nitrogens is 5. The van der Waals surface area contributed by atoms with E-state index in [-0.39, 0.29) is 0 Å². The molecule has 4 rings (SSSR count). The zero-order valence-corrected chi connectivity index (χ0v) is 16.1. The number of nitrogens with one attached hydrogen (secondary N) is 2. The highest BCUT2D eigenvalue weighted by Gasteiger charge is 2.22. The van der Waals surface area contributed by atoms with E-state index in [0.717, 1.165) is 34.0 Å². The van der Waals surface area contributed by atoms with Gasteiger partial charge in [0, 0.05) is 24.5 Å². The van der Waals surface area contributed by atoms with Crippen LogP contribution >= 0.6 is 15.9 Å². The summed E-state index contributed by atoms with van der Waals surface area (Å²) in [6, 6.07) is 5.76. The molecule has 2 N–H and O–H groups in total. The van der Waals surface area contributed by atoms with Crippen LogP contribution in [0.3, 0.4) is 0 Å². The Kier molecular flexibility index (Phi) is 5.03. The van der Waals surface area contributed by atoms with Gasteiger partial charge in [-0.1, -0.05) is 12.0 Å². The summed E-state index contributed by atoms with van der Waals surface area (Å²) in [5.41, 5.74) is 1.74. The van der Waals surface area contributed by atoms with E-state index in [2.05, 4.69) is 52.5 Å². The minimum absolute atomic E-state index is 0.370. The molecule has 0 unspecified atom stereocenters. The Balaban J connectivity index is 1.67. The summed E-state index contributed by atoms with van der Waals surface area (Å²) < 4.78 is 2.40. The van der Waals surface area contributed by atoms with Crippen LogP contribution in [0.15, 0.2) is 41.3 Å². The van der Waals surface area contributed by atoms with Gasteiger partial charge in [-0.2, -0.15) is 15.1 Å². The van der Waals surface area contributed by atoms with Crippen LogP contribution in [0, 0.1) is 18.3 Å². The van der Waals surface area contributed by atoms with Gasteiger partial charge in [-0.25, -0.2) is 4.68 Å². The van der Waals surface area contributed by atoms with Crippen molar-refractivity contribution in [2.75, 3.05) is 23.7 Å². The fraction of sp³-hybridized carbons (Fsp3) is 0.263. The van der Waals surface area contributed by atoms with Crippen molar-refractivity contribution in [2.45, 2.75) is 12.8 Å². The molecule has 7 nitrogen and oxygen atoms in total. The molecule has 0 bridgehead atoms. The molecule has 0 spiro atoms. The van der Waals surface area contributed by atoms with Crippen LogP contribution < -0.4 is 10.6 Å². The number of pyridine rings is 1. The third kappa shape index (κ3) is 4.09. The normalized spacial score (nSPS) is 13.2. The molecule has 0 aromatic carbocycles. The van der Waals surface area contributed by atoms with Gasteiger partial charge in [-0.05, 0) is 46.8 Å². The minimum Gasteiger partial charge on any atom is -0.369 e. The lowest BCUT2D eigenvalue weighted by molar-refractivity contribution is 0.803. The van der Waals surface area contributed by atoms with Crippen molar-refractivity contribution in [1.29, 1.82) is 0 Å². The van der Waals surface area contributed by atoms with Gasteiger partial charge < -0.3 is 10.6 Å². The highest BCUT2D eigenvalue weighted by Crippen LogP contribution is 2.32. The molecule has 3 aromatic rings. The van der Waals surface area contributed by atoms with Crippen LogP contribution in [0.25, 0.3) is 17.2 Å². The first-order valence-corrected chi connectivity index (χ1v) is 9.49. The number of hydrogen-bond donors (Lipinski definition) is 2. The van der Waals surface area contributed by atoms with Gasteiger partial charge in [-0.3, -0.25) is 4.98 Å². The zero-order chi connectivity index (χ0) is 18.6. The summed E-state index contributed by atoms with van der Waals surface area (Å²) in [6.45, 7) is 1.26. The number of terminal acetylenes is 1. The molecule has 8 heteroatoms. The lowest BCUT2D eigenvalue weighted by Gasteiger charge is -2.13. The lowest BCUT2D eigenvalue weighted by atomic mass is 10.2. The van der Waals surface area contributed by atoms with E-state index in [0.29, 0.717) is 18.3 Å². The van der Waals surface area contributed by atoms with Crippen molar-refractivity contribution >= 4 is 27.6 Å². The molecular formula is C19H18BrN7. The largest absolute Gasteiger partial charge is 0.369 e. The van der Waals surface area contributed by atoms with Gasteiger partial charge in [0.15, 0.2) is 0 Å². The smallest absolute Gasteiger partial charge is 0.254 e. The molecule has 3 aromatic heterocycles. The molecule has 0 atom stereocenters. The average Bonchev–Trinajstić information content (AvgIpc) is 3.40. The summed E-state index contributed by atoms with van der Waals surface area (Å²) in [4.78, 5) is 13.6. The Morgan fingerprint density at radius 1 is 1.22 bits per heavy atom. The maximum atomic E-state index is 5.38. The van der Waals surface area contributed by atoms with Crippen molar-refractivity contribution in [2.24, 2.45) is 5.92 Å². The Morgan fingerprint density at radius 2 is 2.04 bits per heavy atom. The summed E-state index contributed by atoms with van der Waals surface area (Å²) in [5.74, 6) is 5.10. The number of rotatable bonds is 7. The predicted octanol–water partition coefficient (Wildman–Crippen LogP) is 3.35. The van der Waals surface area contributed by atoms with E-state index >= 15 is 0 Å². The standard InChI is InChI=1S/C19H18BrN7/c1-2-8-22-17-16(20)18(23-10-13-6-7-13)26-19(25-17)27-12-14(11-24-27)15-5-3-4-9-21-15/h1,3-5,9,11-13H,6-8,10H2,(H2,22,23,25,26). The lowest BCUT2D eigenvalue weighted by Crippen LogP contribution is -2.13. The Hall–Kier alpha value is -2.92. The molecule has 1 aliphatic rings. The average molecular weight is 424 g/mol. The number of hydrogen-bond acceptors (Lipinski definition) is 6. The van der Waals surface area contributed by atoms with Crippen LogP contribution in [0.5, 0.6) is 0 Å². The maximum Gasteiger partial charge on any atom is 0.254 e. The van der Waals surface area contributed by atoms with Crippen molar-refractivity contribution in [3.05, 3.63) is 41.3 Å². The van der Waals surface area contributed by atoms with E-state index < -0.39 is 0 Å². The Morgan fingerprint density at radius 3 is 2.74 bits per heavy atom. The first-order chi connectivity index (χ1) is 13.2. The van der Waals surface area contributed by atoms with Crippen LogP contribution in [0.1, 0.15) is 12.8 Å². The molecule has 27 heavy (non-hydrogen) atoms. The topological polar surface area (TPSA) is 80.6 Å². The van der Waals surface area contributed by atoms with E-state index in [1.165, 1.54) is 12.8 Å². The molecule has 1 fully saturated rings. The van der Waals surface area contributed by atoms with Crippen molar-refractivity contribution in [3.63, 3.8) is 0 Å². The number of anilines is 2. The quantitative estimate of drug-likeness (QED) is 0.567.